The predicted octanol–water partition coefficient (Wildman–Crippen LogP) is 2.89. The average molecular weight is 257 g/mol. The van der Waals surface area contributed by atoms with Crippen molar-refractivity contribution >= 4 is 22.9 Å². The number of thiophene rings is 1. The van der Waals surface area contributed by atoms with E-state index in [0.29, 0.717) is 6.42 Å². The van der Waals surface area contributed by atoms with Crippen molar-refractivity contribution in [1.29, 1.82) is 0 Å². The molecule has 1 N–H and O–H groups in total. The number of halogens is 1. The van der Waals surface area contributed by atoms with Crippen LogP contribution in [0.2, 0.25) is 4.34 Å². The molecule has 1 atom stereocenters. The Hall–Kier alpha value is -0.840. The largest absolute Gasteiger partial charge is 0.386 e. The first-order valence-electron chi connectivity index (χ1n) is 5.13. The molecule has 0 radical (unpaired) electrons. The van der Waals surface area contributed by atoms with E-state index in [-0.39, 0.29) is 0 Å². The maximum absolute atomic E-state index is 10.1. The summed E-state index contributed by atoms with van der Waals surface area (Å²) in [7, 11) is 0. The third-order valence-electron chi connectivity index (χ3n) is 2.45. The summed E-state index contributed by atoms with van der Waals surface area (Å²) in [6, 6.07) is 3.80. The van der Waals surface area contributed by atoms with Crippen LogP contribution in [0, 0.1) is 0 Å². The lowest BCUT2D eigenvalue weighted by Gasteiger charge is -2.11. The van der Waals surface area contributed by atoms with Crippen LogP contribution in [0.3, 0.4) is 0 Å². The second-order valence-corrected chi connectivity index (χ2v) is 5.33. The molecule has 0 spiro atoms. The summed E-state index contributed by atoms with van der Waals surface area (Å²) in [4.78, 5) is 5.13. The molecule has 2 heterocycles. The number of aliphatic hydroxyl groups excluding tert-OH is 1. The van der Waals surface area contributed by atoms with E-state index < -0.39 is 6.10 Å². The van der Waals surface area contributed by atoms with Gasteiger partial charge in [0.05, 0.1) is 22.6 Å². The summed E-state index contributed by atoms with van der Waals surface area (Å²) in [6.45, 7) is 2.84. The maximum atomic E-state index is 10.1. The van der Waals surface area contributed by atoms with Gasteiger partial charge in [0.1, 0.15) is 6.10 Å². The first-order chi connectivity index (χ1) is 7.70. The minimum atomic E-state index is -0.517. The molecule has 2 aromatic heterocycles. The van der Waals surface area contributed by atoms with Gasteiger partial charge in [-0.3, -0.25) is 0 Å². The molecule has 86 valence electrons. The van der Waals surface area contributed by atoms with Crippen LogP contribution in [0.15, 0.2) is 24.7 Å². The van der Waals surface area contributed by atoms with E-state index >= 15 is 0 Å². The number of imidazole rings is 1. The van der Waals surface area contributed by atoms with Gasteiger partial charge in [-0.05, 0) is 19.1 Å². The van der Waals surface area contributed by atoms with Crippen molar-refractivity contribution < 1.29 is 5.11 Å². The molecule has 0 fully saturated rings. The fourth-order valence-electron chi connectivity index (χ4n) is 1.63. The van der Waals surface area contributed by atoms with E-state index in [4.69, 9.17) is 11.6 Å². The minimum Gasteiger partial charge on any atom is -0.386 e. The van der Waals surface area contributed by atoms with Crippen molar-refractivity contribution in [3.8, 4) is 0 Å². The molecule has 0 aliphatic heterocycles. The van der Waals surface area contributed by atoms with Crippen LogP contribution in [0.4, 0.5) is 0 Å². The molecule has 0 aliphatic rings. The zero-order chi connectivity index (χ0) is 11.5. The van der Waals surface area contributed by atoms with Gasteiger partial charge in [-0.25, -0.2) is 4.98 Å². The highest BCUT2D eigenvalue weighted by atomic mass is 35.5. The summed E-state index contributed by atoms with van der Waals surface area (Å²) in [6.07, 6.45) is 3.52. The summed E-state index contributed by atoms with van der Waals surface area (Å²) in [5.41, 5.74) is 0.854. The number of hydrogen-bond donors (Lipinski definition) is 1. The van der Waals surface area contributed by atoms with Gasteiger partial charge in [0.25, 0.3) is 0 Å². The third-order valence-corrected chi connectivity index (χ3v) is 3.70. The Kier molecular flexibility index (Phi) is 3.63. The summed E-state index contributed by atoms with van der Waals surface area (Å²) < 4.78 is 2.70. The molecule has 5 heteroatoms. The molecule has 3 nitrogen and oxygen atoms in total. The maximum Gasteiger partial charge on any atom is 0.100 e. The number of nitrogens with zero attached hydrogens (tertiary/aromatic N) is 2. The second-order valence-electron chi connectivity index (χ2n) is 3.53. The van der Waals surface area contributed by atoms with E-state index in [1.165, 1.54) is 11.3 Å². The smallest absolute Gasteiger partial charge is 0.100 e. The Morgan fingerprint density at radius 1 is 1.56 bits per heavy atom. The SMILES string of the molecule is CCn1cncc1C(O)Cc1ccc(Cl)s1. The number of aromatic nitrogens is 2. The number of hydrogen-bond acceptors (Lipinski definition) is 3. The molecule has 16 heavy (non-hydrogen) atoms. The van der Waals surface area contributed by atoms with E-state index in [0.717, 1.165) is 21.5 Å². The van der Waals surface area contributed by atoms with Crippen LogP contribution >= 0.6 is 22.9 Å². The van der Waals surface area contributed by atoms with E-state index in [9.17, 15) is 5.11 Å². The van der Waals surface area contributed by atoms with Gasteiger partial charge in [-0.1, -0.05) is 11.6 Å². The molecule has 0 amide bonds. The van der Waals surface area contributed by atoms with Crippen molar-refractivity contribution in [3.63, 3.8) is 0 Å². The van der Waals surface area contributed by atoms with Gasteiger partial charge in [0.15, 0.2) is 0 Å². The predicted molar refractivity (Wildman–Crippen MR) is 65.9 cm³/mol. The van der Waals surface area contributed by atoms with Crippen molar-refractivity contribution in [2.75, 3.05) is 0 Å². The molecule has 0 bridgehead atoms. The molecule has 2 aromatic rings. The summed E-state index contributed by atoms with van der Waals surface area (Å²) in [5.74, 6) is 0. The lowest BCUT2D eigenvalue weighted by Crippen LogP contribution is -2.07. The quantitative estimate of drug-likeness (QED) is 0.914. The average Bonchev–Trinajstić information content (AvgIpc) is 2.86. The Morgan fingerprint density at radius 3 is 3.00 bits per heavy atom. The monoisotopic (exact) mass is 256 g/mol. The Labute approximate surface area is 103 Å². The van der Waals surface area contributed by atoms with Crippen molar-refractivity contribution in [1.82, 2.24) is 9.55 Å². The van der Waals surface area contributed by atoms with Gasteiger partial charge in [0, 0.05) is 17.8 Å². The number of rotatable bonds is 4. The molecule has 0 aromatic carbocycles. The zero-order valence-electron chi connectivity index (χ0n) is 8.93. The minimum absolute atomic E-state index is 0.517. The van der Waals surface area contributed by atoms with Crippen LogP contribution in [0.5, 0.6) is 0 Å². The first kappa shape index (κ1) is 11.6. The fraction of sp³-hybridized carbons (Fsp3) is 0.364. The van der Waals surface area contributed by atoms with E-state index in [1.54, 1.807) is 12.5 Å². The Bertz CT molecular complexity index is 466. The third kappa shape index (κ3) is 2.45. The number of aryl methyl sites for hydroxylation is 1. The second kappa shape index (κ2) is 4.99. The standard InChI is InChI=1S/C11H13ClN2OS/c1-2-14-7-13-6-9(14)10(15)5-8-3-4-11(12)16-8/h3-4,6-7,10,15H,2,5H2,1H3. The highest BCUT2D eigenvalue weighted by Crippen LogP contribution is 2.26. The van der Waals surface area contributed by atoms with Crippen LogP contribution in [0.1, 0.15) is 23.6 Å². The van der Waals surface area contributed by atoms with E-state index in [1.807, 2.05) is 23.6 Å². The topological polar surface area (TPSA) is 38.0 Å². The van der Waals surface area contributed by atoms with Gasteiger partial charge in [0.2, 0.25) is 0 Å². The molecule has 1 unspecified atom stereocenters. The molecule has 2 rings (SSSR count). The lowest BCUT2D eigenvalue weighted by atomic mass is 10.2. The molecule has 0 saturated heterocycles. The van der Waals surface area contributed by atoms with Crippen molar-refractivity contribution in [2.24, 2.45) is 0 Å². The molecular weight excluding hydrogens is 244 g/mol. The molecule has 0 saturated carbocycles. The Morgan fingerprint density at radius 2 is 2.38 bits per heavy atom. The Balaban J connectivity index is 2.11. The lowest BCUT2D eigenvalue weighted by molar-refractivity contribution is 0.170. The van der Waals surface area contributed by atoms with Crippen LogP contribution < -0.4 is 0 Å². The van der Waals surface area contributed by atoms with Crippen molar-refractivity contribution in [2.45, 2.75) is 26.0 Å². The normalized spacial score (nSPS) is 12.9. The van der Waals surface area contributed by atoms with Gasteiger partial charge in [-0.2, -0.15) is 0 Å². The fourth-order valence-corrected chi connectivity index (χ4v) is 2.75. The van der Waals surface area contributed by atoms with Gasteiger partial charge < -0.3 is 9.67 Å². The first-order valence-corrected chi connectivity index (χ1v) is 6.32. The highest BCUT2D eigenvalue weighted by molar-refractivity contribution is 7.16. The van der Waals surface area contributed by atoms with Crippen LogP contribution in [-0.4, -0.2) is 14.7 Å². The summed E-state index contributed by atoms with van der Waals surface area (Å²) >= 11 is 7.35. The number of aliphatic hydroxyl groups is 1. The highest BCUT2D eigenvalue weighted by Gasteiger charge is 2.13. The van der Waals surface area contributed by atoms with E-state index in [2.05, 4.69) is 4.98 Å². The summed E-state index contributed by atoms with van der Waals surface area (Å²) in [5, 5.41) is 10.1. The van der Waals surface area contributed by atoms with Crippen molar-refractivity contribution in [3.05, 3.63) is 39.6 Å². The molecular formula is C11H13ClN2OS. The van der Waals surface area contributed by atoms with Gasteiger partial charge in [-0.15, -0.1) is 11.3 Å². The van der Waals surface area contributed by atoms with Crippen LogP contribution in [-0.2, 0) is 13.0 Å². The van der Waals surface area contributed by atoms with Gasteiger partial charge >= 0.3 is 0 Å². The zero-order valence-corrected chi connectivity index (χ0v) is 10.5. The molecule has 0 aliphatic carbocycles. The van der Waals surface area contributed by atoms with Crippen LogP contribution in [0.25, 0.3) is 0 Å².